The first-order chi connectivity index (χ1) is 9.46. The zero-order valence-electron chi connectivity index (χ0n) is 12.9. The third-order valence-corrected chi connectivity index (χ3v) is 4.24. The molecule has 2 fully saturated rings. The summed E-state index contributed by atoms with van der Waals surface area (Å²) in [6.07, 6.45) is 3.03. The van der Waals surface area contributed by atoms with E-state index in [1.807, 2.05) is 13.8 Å². The van der Waals surface area contributed by atoms with Crippen LogP contribution in [-0.2, 0) is 14.3 Å². The maximum Gasteiger partial charge on any atom is 0.220 e. The molecule has 0 aromatic heterocycles. The number of carbonyl (C=O) groups excluding carboxylic acids is 1. The van der Waals surface area contributed by atoms with Crippen molar-refractivity contribution in [3.8, 4) is 0 Å². The van der Waals surface area contributed by atoms with Gasteiger partial charge >= 0.3 is 0 Å². The second kappa shape index (κ2) is 6.87. The molecule has 0 radical (unpaired) electrons. The van der Waals surface area contributed by atoms with E-state index in [0.29, 0.717) is 31.4 Å². The van der Waals surface area contributed by atoms with Crippen LogP contribution in [0.15, 0.2) is 0 Å². The van der Waals surface area contributed by atoms with Crippen LogP contribution in [0, 0.1) is 11.8 Å². The van der Waals surface area contributed by atoms with Gasteiger partial charge < -0.3 is 20.1 Å². The summed E-state index contributed by atoms with van der Waals surface area (Å²) in [6, 6.07) is 0. The van der Waals surface area contributed by atoms with Gasteiger partial charge in [0.05, 0.1) is 6.61 Å². The summed E-state index contributed by atoms with van der Waals surface area (Å²) < 4.78 is 11.2. The Morgan fingerprint density at radius 3 is 2.90 bits per heavy atom. The smallest absolute Gasteiger partial charge is 0.220 e. The van der Waals surface area contributed by atoms with Gasteiger partial charge in [0.25, 0.3) is 0 Å². The molecule has 2 aliphatic heterocycles. The normalized spacial score (nSPS) is 30.9. The molecular weight excluding hydrogens is 256 g/mol. The Hall–Kier alpha value is -0.650. The second-order valence-corrected chi connectivity index (χ2v) is 6.54. The highest BCUT2D eigenvalue weighted by Crippen LogP contribution is 2.23. The van der Waals surface area contributed by atoms with E-state index in [-0.39, 0.29) is 12.0 Å². The number of rotatable bonds is 5. The molecule has 5 nitrogen and oxygen atoms in total. The number of hydrogen-bond donors (Lipinski definition) is 2. The molecule has 0 spiro atoms. The van der Waals surface area contributed by atoms with Crippen LogP contribution in [0.5, 0.6) is 0 Å². The molecule has 3 atom stereocenters. The van der Waals surface area contributed by atoms with Gasteiger partial charge in [0.1, 0.15) is 6.10 Å². The van der Waals surface area contributed by atoms with Gasteiger partial charge in [-0.25, -0.2) is 0 Å². The minimum atomic E-state index is -0.517. The summed E-state index contributed by atoms with van der Waals surface area (Å²) >= 11 is 0. The maximum atomic E-state index is 12.0. The Balaban J connectivity index is 1.65. The zero-order valence-corrected chi connectivity index (χ0v) is 12.9. The standard InChI is InChI=1S/C15H28N2O3/c1-11(12-5-4-6-16-8-12)7-14(18)17-9-13-10-19-15(2,3)20-13/h11-13,16H,4-10H2,1-3H3,(H,17,18). The summed E-state index contributed by atoms with van der Waals surface area (Å²) in [5.74, 6) is 0.659. The van der Waals surface area contributed by atoms with Crippen molar-refractivity contribution in [2.24, 2.45) is 11.8 Å². The van der Waals surface area contributed by atoms with Gasteiger partial charge in [-0.2, -0.15) is 0 Å². The molecule has 2 heterocycles. The van der Waals surface area contributed by atoms with Gasteiger partial charge in [0.15, 0.2) is 5.79 Å². The zero-order chi connectivity index (χ0) is 14.6. The lowest BCUT2D eigenvalue weighted by Crippen LogP contribution is -2.38. The highest BCUT2D eigenvalue weighted by Gasteiger charge is 2.32. The summed E-state index contributed by atoms with van der Waals surface area (Å²) in [4.78, 5) is 12.0. The van der Waals surface area contributed by atoms with E-state index in [2.05, 4.69) is 17.6 Å². The van der Waals surface area contributed by atoms with E-state index in [1.54, 1.807) is 0 Å². The van der Waals surface area contributed by atoms with Crippen molar-refractivity contribution in [3.05, 3.63) is 0 Å². The van der Waals surface area contributed by atoms with Crippen LogP contribution >= 0.6 is 0 Å². The molecule has 20 heavy (non-hydrogen) atoms. The first-order valence-corrected chi connectivity index (χ1v) is 7.75. The highest BCUT2D eigenvalue weighted by atomic mass is 16.7. The summed E-state index contributed by atoms with van der Waals surface area (Å²) in [5.41, 5.74) is 0. The lowest BCUT2D eigenvalue weighted by Gasteiger charge is -2.28. The minimum absolute atomic E-state index is 0.0272. The fourth-order valence-corrected chi connectivity index (χ4v) is 2.99. The minimum Gasteiger partial charge on any atom is -0.353 e. The molecule has 2 rings (SSSR count). The number of amides is 1. The van der Waals surface area contributed by atoms with Gasteiger partial charge in [0, 0.05) is 13.0 Å². The van der Waals surface area contributed by atoms with E-state index < -0.39 is 5.79 Å². The fourth-order valence-electron chi connectivity index (χ4n) is 2.99. The Morgan fingerprint density at radius 2 is 2.30 bits per heavy atom. The Morgan fingerprint density at radius 1 is 1.50 bits per heavy atom. The monoisotopic (exact) mass is 284 g/mol. The Labute approximate surface area is 121 Å². The SMILES string of the molecule is CC(CC(=O)NCC1COC(C)(C)O1)C1CCCNC1. The third kappa shape index (κ3) is 4.72. The topological polar surface area (TPSA) is 59.6 Å². The fraction of sp³-hybridized carbons (Fsp3) is 0.933. The molecule has 3 unspecified atom stereocenters. The number of piperidine rings is 1. The number of carbonyl (C=O) groups is 1. The average Bonchev–Trinajstić information content (AvgIpc) is 2.77. The lowest BCUT2D eigenvalue weighted by molar-refractivity contribution is -0.139. The van der Waals surface area contributed by atoms with Crippen molar-refractivity contribution in [1.29, 1.82) is 0 Å². The molecule has 2 aliphatic rings. The molecule has 0 bridgehead atoms. The third-order valence-electron chi connectivity index (χ3n) is 4.24. The highest BCUT2D eigenvalue weighted by molar-refractivity contribution is 5.76. The van der Waals surface area contributed by atoms with Crippen LogP contribution in [0.2, 0.25) is 0 Å². The molecule has 2 saturated heterocycles. The number of hydrogen-bond acceptors (Lipinski definition) is 4. The van der Waals surface area contributed by atoms with E-state index in [1.165, 1.54) is 12.8 Å². The van der Waals surface area contributed by atoms with Crippen LogP contribution in [0.3, 0.4) is 0 Å². The number of ether oxygens (including phenoxy) is 2. The first kappa shape index (κ1) is 15.7. The van der Waals surface area contributed by atoms with Crippen molar-refractivity contribution < 1.29 is 14.3 Å². The second-order valence-electron chi connectivity index (χ2n) is 6.54. The molecule has 0 aromatic carbocycles. The molecule has 116 valence electrons. The van der Waals surface area contributed by atoms with E-state index in [0.717, 1.165) is 13.1 Å². The van der Waals surface area contributed by atoms with Gasteiger partial charge in [-0.3, -0.25) is 4.79 Å². The quantitative estimate of drug-likeness (QED) is 0.798. The molecule has 0 aliphatic carbocycles. The predicted molar refractivity (Wildman–Crippen MR) is 77.3 cm³/mol. The van der Waals surface area contributed by atoms with Gasteiger partial charge in [-0.05, 0) is 51.6 Å². The van der Waals surface area contributed by atoms with Crippen molar-refractivity contribution in [2.75, 3.05) is 26.2 Å². The first-order valence-electron chi connectivity index (χ1n) is 7.75. The average molecular weight is 284 g/mol. The van der Waals surface area contributed by atoms with Gasteiger partial charge in [-0.15, -0.1) is 0 Å². The van der Waals surface area contributed by atoms with Crippen molar-refractivity contribution in [3.63, 3.8) is 0 Å². The predicted octanol–water partition coefficient (Wildman–Crippen LogP) is 1.28. The van der Waals surface area contributed by atoms with Crippen molar-refractivity contribution in [2.45, 2.75) is 51.9 Å². The molecule has 0 aromatic rings. The van der Waals surface area contributed by atoms with Crippen LogP contribution in [0.1, 0.15) is 40.0 Å². The number of nitrogens with one attached hydrogen (secondary N) is 2. The van der Waals surface area contributed by atoms with Crippen LogP contribution in [-0.4, -0.2) is 44.0 Å². The molecule has 2 N–H and O–H groups in total. The summed E-state index contributed by atoms with van der Waals surface area (Å²) in [5, 5.41) is 6.37. The van der Waals surface area contributed by atoms with Crippen molar-refractivity contribution >= 4 is 5.91 Å². The molecule has 5 heteroatoms. The van der Waals surface area contributed by atoms with Gasteiger partial charge in [-0.1, -0.05) is 6.92 Å². The van der Waals surface area contributed by atoms with Crippen LogP contribution in [0.25, 0.3) is 0 Å². The molecule has 0 saturated carbocycles. The lowest BCUT2D eigenvalue weighted by atomic mass is 9.85. The summed E-state index contributed by atoms with van der Waals surface area (Å²) in [6.45, 7) is 9.22. The van der Waals surface area contributed by atoms with E-state index >= 15 is 0 Å². The largest absolute Gasteiger partial charge is 0.353 e. The summed E-state index contributed by atoms with van der Waals surface area (Å²) in [7, 11) is 0. The molecular formula is C15H28N2O3. The van der Waals surface area contributed by atoms with E-state index in [9.17, 15) is 4.79 Å². The van der Waals surface area contributed by atoms with Gasteiger partial charge in [0.2, 0.25) is 5.91 Å². The Bertz CT molecular complexity index is 327. The van der Waals surface area contributed by atoms with Crippen molar-refractivity contribution in [1.82, 2.24) is 10.6 Å². The Kier molecular flexibility index (Phi) is 5.41. The van der Waals surface area contributed by atoms with Crippen LogP contribution in [0.4, 0.5) is 0 Å². The van der Waals surface area contributed by atoms with E-state index in [4.69, 9.17) is 9.47 Å². The maximum absolute atomic E-state index is 12.0. The molecule has 1 amide bonds. The van der Waals surface area contributed by atoms with Crippen LogP contribution < -0.4 is 10.6 Å².